The van der Waals surface area contributed by atoms with Crippen LogP contribution < -0.4 is 10.3 Å². The first-order chi connectivity index (χ1) is 14.0. The smallest absolute Gasteiger partial charge is 0.312 e. The molecule has 7 heteroatoms. The number of para-hydroxylation sites is 1. The van der Waals surface area contributed by atoms with Gasteiger partial charge in [0.1, 0.15) is 10.6 Å². The third-order valence-electron chi connectivity index (χ3n) is 4.50. The van der Waals surface area contributed by atoms with Crippen molar-refractivity contribution in [1.82, 2.24) is 9.55 Å². The summed E-state index contributed by atoms with van der Waals surface area (Å²) in [4.78, 5) is 31.4. The van der Waals surface area contributed by atoms with E-state index in [0.717, 1.165) is 16.0 Å². The Balaban J connectivity index is 1.63. The lowest BCUT2D eigenvalue weighted by Gasteiger charge is -2.07. The van der Waals surface area contributed by atoms with Crippen LogP contribution in [0.25, 0.3) is 21.3 Å². The number of carbonyl (C=O) groups excluding carboxylic acids is 1. The predicted octanol–water partition coefficient (Wildman–Crippen LogP) is 5.08. The van der Waals surface area contributed by atoms with E-state index in [9.17, 15) is 9.59 Å². The minimum atomic E-state index is -0.403. The molecule has 0 bridgehead atoms. The van der Waals surface area contributed by atoms with Crippen molar-refractivity contribution >= 4 is 39.1 Å². The molecule has 0 spiro atoms. The second-order valence-corrected chi connectivity index (χ2v) is 8.14. The molecule has 2 heterocycles. The van der Waals surface area contributed by atoms with Gasteiger partial charge in [-0.1, -0.05) is 41.9 Å². The van der Waals surface area contributed by atoms with Gasteiger partial charge in [0, 0.05) is 22.0 Å². The average molecular weight is 425 g/mol. The van der Waals surface area contributed by atoms with Crippen molar-refractivity contribution in [3.05, 3.63) is 81.2 Å². The Kier molecular flexibility index (Phi) is 5.47. The molecule has 5 nitrogen and oxygen atoms in total. The van der Waals surface area contributed by atoms with Crippen LogP contribution in [-0.2, 0) is 11.3 Å². The first-order valence-corrected chi connectivity index (χ1v) is 10.2. The van der Waals surface area contributed by atoms with E-state index in [1.165, 1.54) is 22.2 Å². The number of halogens is 1. The largest absolute Gasteiger partial charge is 0.426 e. The Hall–Kier alpha value is -2.96. The van der Waals surface area contributed by atoms with Crippen molar-refractivity contribution in [3.8, 4) is 16.9 Å². The summed E-state index contributed by atoms with van der Waals surface area (Å²) in [6.07, 6.45) is 1.55. The molecule has 0 aliphatic heterocycles. The molecule has 2 aromatic heterocycles. The van der Waals surface area contributed by atoms with Gasteiger partial charge in [0.2, 0.25) is 0 Å². The van der Waals surface area contributed by atoms with E-state index < -0.39 is 5.97 Å². The predicted molar refractivity (Wildman–Crippen MR) is 116 cm³/mol. The highest BCUT2D eigenvalue weighted by molar-refractivity contribution is 7.19. The van der Waals surface area contributed by atoms with Crippen LogP contribution >= 0.6 is 22.9 Å². The number of aromatic nitrogens is 2. The molecule has 4 rings (SSSR count). The van der Waals surface area contributed by atoms with Gasteiger partial charge >= 0.3 is 5.97 Å². The van der Waals surface area contributed by atoms with E-state index >= 15 is 0 Å². The Morgan fingerprint density at radius 2 is 1.97 bits per heavy atom. The lowest BCUT2D eigenvalue weighted by Crippen LogP contribution is -2.23. The van der Waals surface area contributed by atoms with Gasteiger partial charge in [-0.05, 0) is 36.8 Å². The van der Waals surface area contributed by atoms with Crippen LogP contribution in [0.3, 0.4) is 0 Å². The summed E-state index contributed by atoms with van der Waals surface area (Å²) in [6.45, 7) is 2.15. The fraction of sp³-hybridized carbons (Fsp3) is 0.136. The highest BCUT2D eigenvalue weighted by Gasteiger charge is 2.17. The highest BCUT2D eigenvalue weighted by atomic mass is 35.5. The minimum Gasteiger partial charge on any atom is -0.426 e. The van der Waals surface area contributed by atoms with Gasteiger partial charge < -0.3 is 4.74 Å². The molecule has 0 radical (unpaired) electrons. The fourth-order valence-corrected chi connectivity index (χ4v) is 4.36. The fourth-order valence-electron chi connectivity index (χ4n) is 3.17. The summed E-state index contributed by atoms with van der Waals surface area (Å²) < 4.78 is 6.74. The maximum Gasteiger partial charge on any atom is 0.312 e. The number of ether oxygens (including phenoxy) is 1. The van der Waals surface area contributed by atoms with E-state index in [2.05, 4.69) is 4.98 Å². The summed E-state index contributed by atoms with van der Waals surface area (Å²) in [5.41, 5.74) is 1.54. The second-order valence-electron chi connectivity index (χ2n) is 6.50. The molecule has 0 atom stereocenters. The van der Waals surface area contributed by atoms with Gasteiger partial charge in [-0.15, -0.1) is 11.3 Å². The van der Waals surface area contributed by atoms with Crippen molar-refractivity contribution < 1.29 is 9.53 Å². The van der Waals surface area contributed by atoms with Crippen molar-refractivity contribution in [2.45, 2.75) is 19.9 Å². The molecule has 4 aromatic rings. The van der Waals surface area contributed by atoms with Gasteiger partial charge in [-0.25, -0.2) is 4.98 Å². The number of benzene rings is 2. The van der Waals surface area contributed by atoms with E-state index in [-0.39, 0.29) is 18.5 Å². The van der Waals surface area contributed by atoms with E-state index in [0.29, 0.717) is 21.0 Å². The van der Waals surface area contributed by atoms with Crippen LogP contribution in [0.4, 0.5) is 0 Å². The molecule has 146 valence electrons. The number of thiophene rings is 1. The maximum atomic E-state index is 13.1. The number of hydrogen-bond acceptors (Lipinski definition) is 5. The Bertz CT molecular complexity index is 1250. The molecular weight excluding hydrogens is 408 g/mol. The minimum absolute atomic E-state index is 0.0671. The lowest BCUT2D eigenvalue weighted by atomic mass is 10.0. The third-order valence-corrected chi connectivity index (χ3v) is 5.75. The first-order valence-electron chi connectivity index (χ1n) is 9.03. The normalized spacial score (nSPS) is 11.0. The van der Waals surface area contributed by atoms with Crippen LogP contribution in [0.15, 0.2) is 65.7 Å². The molecule has 0 N–H and O–H groups in total. The molecule has 0 unspecified atom stereocenters. The molecule has 0 saturated carbocycles. The van der Waals surface area contributed by atoms with Gasteiger partial charge in [-0.3, -0.25) is 14.2 Å². The summed E-state index contributed by atoms with van der Waals surface area (Å²) in [6, 6.07) is 16.3. The van der Waals surface area contributed by atoms with Gasteiger partial charge in [0.05, 0.1) is 18.1 Å². The zero-order chi connectivity index (χ0) is 20.4. The Morgan fingerprint density at radius 1 is 1.17 bits per heavy atom. The number of aryl methyl sites for hydroxylation is 2. The van der Waals surface area contributed by atoms with Crippen LogP contribution in [0.5, 0.6) is 5.75 Å². The van der Waals surface area contributed by atoms with Crippen molar-refractivity contribution in [2.75, 3.05) is 0 Å². The molecule has 0 amide bonds. The zero-order valence-electron chi connectivity index (χ0n) is 15.6. The van der Waals surface area contributed by atoms with E-state index in [1.54, 1.807) is 30.3 Å². The van der Waals surface area contributed by atoms with Crippen molar-refractivity contribution in [2.24, 2.45) is 0 Å². The van der Waals surface area contributed by atoms with E-state index in [1.807, 2.05) is 31.2 Å². The number of fused-ring (bicyclic) bond motifs is 1. The number of nitrogens with zero attached hydrogens (tertiary/aromatic N) is 2. The molecular formula is C22H17ClN2O3S. The second kappa shape index (κ2) is 8.19. The summed E-state index contributed by atoms with van der Waals surface area (Å²) >= 11 is 7.61. The lowest BCUT2D eigenvalue weighted by molar-refractivity contribution is -0.134. The number of carbonyl (C=O) groups is 1. The Morgan fingerprint density at radius 3 is 2.72 bits per heavy atom. The van der Waals surface area contributed by atoms with Gasteiger partial charge in [0.25, 0.3) is 5.56 Å². The first kappa shape index (κ1) is 19.4. The monoisotopic (exact) mass is 424 g/mol. The van der Waals surface area contributed by atoms with E-state index in [4.69, 9.17) is 16.3 Å². The number of rotatable bonds is 5. The quantitative estimate of drug-likeness (QED) is 0.331. The van der Waals surface area contributed by atoms with Gasteiger partial charge in [0.15, 0.2) is 0 Å². The third kappa shape index (κ3) is 4.09. The summed E-state index contributed by atoms with van der Waals surface area (Å²) in [5.74, 6) is 0.0786. The van der Waals surface area contributed by atoms with Crippen LogP contribution in [0.1, 0.15) is 11.3 Å². The molecule has 0 aliphatic carbocycles. The highest BCUT2D eigenvalue weighted by Crippen LogP contribution is 2.36. The topological polar surface area (TPSA) is 61.2 Å². The van der Waals surface area contributed by atoms with Gasteiger partial charge in [-0.2, -0.15) is 0 Å². The maximum absolute atomic E-state index is 13.1. The van der Waals surface area contributed by atoms with Crippen molar-refractivity contribution in [3.63, 3.8) is 0 Å². The molecule has 2 aromatic carbocycles. The number of esters is 1. The van der Waals surface area contributed by atoms with Crippen LogP contribution in [0.2, 0.25) is 5.02 Å². The Labute approximate surface area is 176 Å². The molecule has 0 saturated heterocycles. The SMILES string of the molecule is Cc1sc2ncn(CCC(=O)Oc3ccccc3)c(=O)c2c1-c1cccc(Cl)c1. The number of hydrogen-bond donors (Lipinski definition) is 0. The van der Waals surface area contributed by atoms with Crippen molar-refractivity contribution in [1.29, 1.82) is 0 Å². The molecule has 0 fully saturated rings. The summed E-state index contributed by atoms with van der Waals surface area (Å²) in [5, 5.41) is 1.16. The molecule has 0 aliphatic rings. The molecule has 29 heavy (non-hydrogen) atoms. The average Bonchev–Trinajstić information content (AvgIpc) is 3.05. The zero-order valence-corrected chi connectivity index (χ0v) is 17.2. The standard InChI is InChI=1S/C22H17ClN2O3S/c1-14-19(15-6-5-7-16(23)12-15)20-21(29-14)24-13-25(22(20)27)11-10-18(26)28-17-8-3-2-4-9-17/h2-9,12-13H,10-11H2,1H3. The van der Waals surface area contributed by atoms with Crippen LogP contribution in [0, 0.1) is 6.92 Å². The van der Waals surface area contributed by atoms with Crippen LogP contribution in [-0.4, -0.2) is 15.5 Å². The summed E-state index contributed by atoms with van der Waals surface area (Å²) in [7, 11) is 0.